The van der Waals surface area contributed by atoms with E-state index in [0.29, 0.717) is 31.9 Å². The van der Waals surface area contributed by atoms with E-state index in [2.05, 4.69) is 5.32 Å². The third-order valence-corrected chi connectivity index (χ3v) is 4.91. The lowest BCUT2D eigenvalue weighted by Crippen LogP contribution is -2.49. The molecule has 0 bridgehead atoms. The third-order valence-electron chi connectivity index (χ3n) is 4.60. The summed E-state index contributed by atoms with van der Waals surface area (Å²) in [6.07, 6.45) is 1.51. The summed E-state index contributed by atoms with van der Waals surface area (Å²) in [7, 11) is 0. The topological polar surface area (TPSA) is 95.7 Å². The molecule has 1 saturated heterocycles. The van der Waals surface area contributed by atoms with Crippen LogP contribution in [0.4, 0.5) is 10.5 Å². The fourth-order valence-corrected chi connectivity index (χ4v) is 3.37. The van der Waals surface area contributed by atoms with Crippen molar-refractivity contribution in [2.75, 3.05) is 31.5 Å². The number of hydrogen-bond donors (Lipinski definition) is 2. The number of piperidine rings is 1. The van der Waals surface area contributed by atoms with Gasteiger partial charge in [0.2, 0.25) is 11.8 Å². The molecule has 7 nitrogen and oxygen atoms in total. The maximum Gasteiger partial charge on any atom is 0.320 e. The van der Waals surface area contributed by atoms with Crippen molar-refractivity contribution in [2.45, 2.75) is 26.7 Å². The predicted molar refractivity (Wildman–Crippen MR) is 101 cm³/mol. The van der Waals surface area contributed by atoms with E-state index in [-0.39, 0.29) is 28.4 Å². The Morgan fingerprint density at radius 1 is 1.31 bits per heavy atom. The van der Waals surface area contributed by atoms with Crippen molar-refractivity contribution in [3.8, 4) is 0 Å². The van der Waals surface area contributed by atoms with E-state index in [0.717, 1.165) is 12.8 Å². The van der Waals surface area contributed by atoms with Gasteiger partial charge in [-0.15, -0.1) is 0 Å². The first-order chi connectivity index (χ1) is 12.4. The molecular formula is C18H25ClN4O3. The molecule has 0 aromatic heterocycles. The minimum atomic E-state index is -0.620. The monoisotopic (exact) mass is 380 g/mol. The average Bonchev–Trinajstić information content (AvgIpc) is 2.62. The highest BCUT2D eigenvalue weighted by molar-refractivity contribution is 6.34. The van der Waals surface area contributed by atoms with Crippen molar-refractivity contribution >= 4 is 35.1 Å². The Labute approximate surface area is 158 Å². The number of nitrogens with one attached hydrogen (secondary N) is 1. The molecule has 142 valence electrons. The van der Waals surface area contributed by atoms with Gasteiger partial charge in [0.25, 0.3) is 0 Å². The van der Waals surface area contributed by atoms with Gasteiger partial charge in [0.15, 0.2) is 0 Å². The molecule has 1 aromatic carbocycles. The molecule has 0 saturated carbocycles. The van der Waals surface area contributed by atoms with Gasteiger partial charge < -0.3 is 20.9 Å². The number of primary amides is 1. The molecule has 1 aliphatic rings. The molecule has 26 heavy (non-hydrogen) atoms. The zero-order valence-corrected chi connectivity index (χ0v) is 15.9. The van der Waals surface area contributed by atoms with E-state index < -0.39 is 5.91 Å². The summed E-state index contributed by atoms with van der Waals surface area (Å²) in [6.45, 7) is 6.23. The molecule has 0 spiro atoms. The van der Waals surface area contributed by atoms with Gasteiger partial charge >= 0.3 is 6.03 Å². The highest BCUT2D eigenvalue weighted by Gasteiger charge is 2.30. The second kappa shape index (κ2) is 8.89. The summed E-state index contributed by atoms with van der Waals surface area (Å²) >= 11 is 6.01. The normalized spacial score (nSPS) is 16.9. The van der Waals surface area contributed by atoms with E-state index in [4.69, 9.17) is 17.3 Å². The molecule has 1 fully saturated rings. The van der Waals surface area contributed by atoms with Crippen LogP contribution in [0.3, 0.4) is 0 Å². The highest BCUT2D eigenvalue weighted by Crippen LogP contribution is 2.23. The standard InChI is InChI=1S/C18H25ClN4O3/c1-3-22(4-2)18(26)23-9-5-6-12(11-23)17(25)21-13-7-8-14(16(20)24)15(19)10-13/h7-8,10,12H,3-6,9,11H2,1-2H3,(H2,20,24)(H,21,25)/t12-/m0/s1. The first kappa shape index (κ1) is 20.0. The maximum atomic E-state index is 12.6. The Morgan fingerprint density at radius 2 is 2.00 bits per heavy atom. The van der Waals surface area contributed by atoms with E-state index in [1.807, 2.05) is 13.8 Å². The molecule has 0 radical (unpaired) electrons. The van der Waals surface area contributed by atoms with Crippen LogP contribution < -0.4 is 11.1 Å². The minimum absolute atomic E-state index is 0.0265. The van der Waals surface area contributed by atoms with E-state index >= 15 is 0 Å². The van der Waals surface area contributed by atoms with Gasteiger partial charge in [-0.1, -0.05) is 11.6 Å². The zero-order valence-electron chi connectivity index (χ0n) is 15.1. The van der Waals surface area contributed by atoms with E-state index in [9.17, 15) is 14.4 Å². The van der Waals surface area contributed by atoms with E-state index in [1.54, 1.807) is 15.9 Å². The summed E-state index contributed by atoms with van der Waals surface area (Å²) in [5.41, 5.74) is 5.93. The van der Waals surface area contributed by atoms with Gasteiger partial charge in [0, 0.05) is 31.9 Å². The summed E-state index contributed by atoms with van der Waals surface area (Å²) in [6, 6.07) is 4.55. The summed E-state index contributed by atoms with van der Waals surface area (Å²) in [5.74, 6) is -1.06. The number of carbonyl (C=O) groups is 3. The number of benzene rings is 1. The number of likely N-dealkylation sites (tertiary alicyclic amines) is 1. The van der Waals surface area contributed by atoms with Gasteiger partial charge in [-0.2, -0.15) is 0 Å². The summed E-state index contributed by atoms with van der Waals surface area (Å²) in [5, 5.41) is 3.00. The molecule has 3 N–H and O–H groups in total. The number of carbonyl (C=O) groups excluding carboxylic acids is 3. The molecular weight excluding hydrogens is 356 g/mol. The van der Waals surface area contributed by atoms with Crippen LogP contribution in [0, 0.1) is 5.92 Å². The fourth-order valence-electron chi connectivity index (χ4n) is 3.10. The van der Waals surface area contributed by atoms with Crippen LogP contribution in [0.1, 0.15) is 37.0 Å². The first-order valence-corrected chi connectivity index (χ1v) is 9.19. The Morgan fingerprint density at radius 3 is 2.58 bits per heavy atom. The quantitative estimate of drug-likeness (QED) is 0.821. The van der Waals surface area contributed by atoms with Crippen LogP contribution in [0.15, 0.2) is 18.2 Å². The molecule has 1 heterocycles. The van der Waals surface area contributed by atoms with Crippen LogP contribution >= 0.6 is 11.6 Å². The smallest absolute Gasteiger partial charge is 0.320 e. The van der Waals surface area contributed by atoms with Crippen molar-refractivity contribution < 1.29 is 14.4 Å². The molecule has 4 amide bonds. The first-order valence-electron chi connectivity index (χ1n) is 8.81. The second-order valence-corrected chi connectivity index (χ2v) is 6.70. The number of hydrogen-bond acceptors (Lipinski definition) is 3. The molecule has 8 heteroatoms. The Kier molecular flexibility index (Phi) is 6.85. The van der Waals surface area contributed by atoms with Crippen LogP contribution in [0.25, 0.3) is 0 Å². The number of anilines is 1. The summed E-state index contributed by atoms with van der Waals surface area (Å²) in [4.78, 5) is 39.8. The largest absolute Gasteiger partial charge is 0.366 e. The lowest BCUT2D eigenvalue weighted by atomic mass is 9.97. The molecule has 1 aromatic rings. The molecule has 1 atom stereocenters. The van der Waals surface area contributed by atoms with Crippen molar-refractivity contribution in [2.24, 2.45) is 11.7 Å². The van der Waals surface area contributed by atoms with Crippen LogP contribution in [0.2, 0.25) is 5.02 Å². The van der Waals surface area contributed by atoms with Gasteiger partial charge in [0.1, 0.15) is 0 Å². The molecule has 0 aliphatic carbocycles. The van der Waals surface area contributed by atoms with E-state index in [1.165, 1.54) is 12.1 Å². The fraction of sp³-hybridized carbons (Fsp3) is 0.500. The number of rotatable bonds is 5. The minimum Gasteiger partial charge on any atom is -0.366 e. The van der Waals surface area contributed by atoms with Crippen molar-refractivity contribution in [3.05, 3.63) is 28.8 Å². The van der Waals surface area contributed by atoms with Crippen LogP contribution in [-0.4, -0.2) is 53.8 Å². The van der Waals surface area contributed by atoms with Gasteiger partial charge in [-0.25, -0.2) is 4.79 Å². The Bertz CT molecular complexity index is 691. The molecule has 1 aliphatic heterocycles. The van der Waals surface area contributed by atoms with Gasteiger partial charge in [-0.05, 0) is 44.9 Å². The SMILES string of the molecule is CCN(CC)C(=O)N1CCC[C@H](C(=O)Nc2ccc(C(N)=O)c(Cl)c2)C1. The zero-order chi connectivity index (χ0) is 19.3. The number of halogens is 1. The number of nitrogens with two attached hydrogens (primary N) is 1. The highest BCUT2D eigenvalue weighted by atomic mass is 35.5. The lowest BCUT2D eigenvalue weighted by molar-refractivity contribution is -0.121. The predicted octanol–water partition coefficient (Wildman–Crippen LogP) is 2.55. The van der Waals surface area contributed by atoms with Crippen molar-refractivity contribution in [3.63, 3.8) is 0 Å². The molecule has 2 rings (SSSR count). The Hall–Kier alpha value is -2.28. The van der Waals surface area contributed by atoms with Crippen LogP contribution in [-0.2, 0) is 4.79 Å². The van der Waals surface area contributed by atoms with Gasteiger partial charge in [0.05, 0.1) is 16.5 Å². The van der Waals surface area contributed by atoms with Crippen molar-refractivity contribution in [1.82, 2.24) is 9.80 Å². The second-order valence-electron chi connectivity index (χ2n) is 6.29. The third kappa shape index (κ3) is 4.66. The maximum absolute atomic E-state index is 12.6. The molecule has 0 unspecified atom stereocenters. The van der Waals surface area contributed by atoms with Crippen LogP contribution in [0.5, 0.6) is 0 Å². The number of nitrogens with zero attached hydrogens (tertiary/aromatic N) is 2. The lowest BCUT2D eigenvalue weighted by Gasteiger charge is -2.35. The Balaban J connectivity index is 2.02. The summed E-state index contributed by atoms with van der Waals surface area (Å²) < 4.78 is 0. The van der Waals surface area contributed by atoms with Crippen molar-refractivity contribution in [1.29, 1.82) is 0 Å². The number of amides is 4. The number of urea groups is 1. The van der Waals surface area contributed by atoms with Gasteiger partial charge in [-0.3, -0.25) is 9.59 Å². The average molecular weight is 381 g/mol.